The summed E-state index contributed by atoms with van der Waals surface area (Å²) in [6.45, 7) is 7.84. The molecule has 1 fully saturated rings. The molecule has 25 heavy (non-hydrogen) atoms. The molecule has 140 valence electrons. The van der Waals surface area contributed by atoms with Crippen molar-refractivity contribution in [3.63, 3.8) is 0 Å². The van der Waals surface area contributed by atoms with Crippen molar-refractivity contribution in [2.45, 2.75) is 32.1 Å². The minimum absolute atomic E-state index is 0.00365. The maximum atomic E-state index is 12.4. The molecule has 1 aliphatic heterocycles. The van der Waals surface area contributed by atoms with Crippen molar-refractivity contribution in [2.24, 2.45) is 5.92 Å². The van der Waals surface area contributed by atoms with Crippen molar-refractivity contribution in [3.8, 4) is 0 Å². The van der Waals surface area contributed by atoms with Gasteiger partial charge in [0.05, 0.1) is 18.1 Å². The van der Waals surface area contributed by atoms with E-state index in [9.17, 15) is 18.3 Å². The molecule has 0 radical (unpaired) electrons. The molecular weight excluding hydrogens is 348 g/mol. The van der Waals surface area contributed by atoms with Crippen molar-refractivity contribution < 1.29 is 27.6 Å². The molecule has 2 rings (SSSR count). The molecule has 2 heterocycles. The first-order chi connectivity index (χ1) is 11.7. The first kappa shape index (κ1) is 19.6. The third-order valence-corrected chi connectivity index (χ3v) is 6.11. The molecule has 8 nitrogen and oxygen atoms in total. The van der Waals surface area contributed by atoms with Crippen LogP contribution in [0.2, 0.25) is 0 Å². The van der Waals surface area contributed by atoms with Crippen LogP contribution in [-0.2, 0) is 24.8 Å². The Morgan fingerprint density at radius 3 is 2.68 bits per heavy atom. The summed E-state index contributed by atoms with van der Waals surface area (Å²) in [5, 5.41) is 15.5. The Hall–Kier alpha value is -1.71. The number of aromatic nitrogens is 1. The molecule has 1 aliphatic rings. The van der Waals surface area contributed by atoms with E-state index < -0.39 is 26.1 Å². The number of hydrogen-bond donors (Lipinski definition) is 2. The summed E-state index contributed by atoms with van der Waals surface area (Å²) >= 11 is 0. The van der Waals surface area contributed by atoms with E-state index in [-0.39, 0.29) is 24.2 Å². The van der Waals surface area contributed by atoms with E-state index in [0.29, 0.717) is 31.7 Å². The largest absolute Gasteiger partial charge is 0.395 e. The summed E-state index contributed by atoms with van der Waals surface area (Å²) in [4.78, 5) is 11.7. The number of carbonyl (C=O) groups is 1. The van der Waals surface area contributed by atoms with Crippen LogP contribution in [0, 0.1) is 5.92 Å². The topological polar surface area (TPSA) is 119 Å². The van der Waals surface area contributed by atoms with Crippen molar-refractivity contribution in [2.75, 3.05) is 30.9 Å². The molecular formula is C16H24N2O6S. The lowest BCUT2D eigenvalue weighted by molar-refractivity contribution is -0.112. The van der Waals surface area contributed by atoms with Crippen LogP contribution in [0.5, 0.6) is 0 Å². The number of nitrogens with one attached hydrogen (secondary N) is 1. The van der Waals surface area contributed by atoms with E-state index in [1.165, 1.54) is 6.07 Å². The molecule has 1 saturated heterocycles. The summed E-state index contributed by atoms with van der Waals surface area (Å²) in [6, 6.07) is 1.45. The quantitative estimate of drug-likeness (QED) is 0.691. The van der Waals surface area contributed by atoms with Crippen molar-refractivity contribution in [3.05, 3.63) is 23.2 Å². The SMILES string of the molecule is C=C(C(=O)Nc1cc(C(C)(C)CO)no1)S(=O)(=O)CC1CCOCC1. The highest BCUT2D eigenvalue weighted by Gasteiger charge is 2.29. The Kier molecular flexibility index (Phi) is 6.02. The van der Waals surface area contributed by atoms with Crippen LogP contribution < -0.4 is 5.32 Å². The molecule has 0 aliphatic carbocycles. The zero-order chi connectivity index (χ0) is 18.7. The van der Waals surface area contributed by atoms with Crippen LogP contribution in [0.4, 0.5) is 5.88 Å². The minimum atomic E-state index is -3.77. The van der Waals surface area contributed by atoms with E-state index in [1.54, 1.807) is 13.8 Å². The molecule has 2 N–H and O–H groups in total. The molecule has 0 saturated carbocycles. The average Bonchev–Trinajstić information content (AvgIpc) is 3.04. The Labute approximate surface area is 147 Å². The smallest absolute Gasteiger partial charge is 0.268 e. The van der Waals surface area contributed by atoms with Gasteiger partial charge in [0, 0.05) is 24.7 Å². The lowest BCUT2D eigenvalue weighted by Crippen LogP contribution is -2.28. The Balaban J connectivity index is 2.01. The first-order valence-electron chi connectivity index (χ1n) is 8.04. The van der Waals surface area contributed by atoms with Crippen molar-refractivity contribution in [1.29, 1.82) is 0 Å². The van der Waals surface area contributed by atoms with E-state index in [4.69, 9.17) is 9.26 Å². The summed E-state index contributed by atoms with van der Waals surface area (Å²) in [5.74, 6) is -1.01. The number of hydrogen-bond acceptors (Lipinski definition) is 7. The molecule has 9 heteroatoms. The van der Waals surface area contributed by atoms with Gasteiger partial charge in [-0.25, -0.2) is 8.42 Å². The lowest BCUT2D eigenvalue weighted by Gasteiger charge is -2.21. The number of anilines is 1. The molecule has 0 atom stereocenters. The highest BCUT2D eigenvalue weighted by atomic mass is 32.2. The number of aliphatic hydroxyl groups is 1. The predicted octanol–water partition coefficient (Wildman–Crippen LogP) is 1.24. The fourth-order valence-corrected chi connectivity index (χ4v) is 3.87. The second kappa shape index (κ2) is 7.67. The van der Waals surface area contributed by atoms with Gasteiger partial charge in [0.15, 0.2) is 9.84 Å². The number of aliphatic hydroxyl groups excluding tert-OH is 1. The molecule has 0 spiro atoms. The molecule has 1 aromatic heterocycles. The summed E-state index contributed by atoms with van der Waals surface area (Å²) in [6.07, 6.45) is 1.30. The monoisotopic (exact) mass is 372 g/mol. The van der Waals surface area contributed by atoms with Gasteiger partial charge >= 0.3 is 0 Å². The summed E-state index contributed by atoms with van der Waals surface area (Å²) in [5.41, 5.74) is -0.195. The number of amides is 1. The third-order valence-electron chi connectivity index (χ3n) is 4.26. The van der Waals surface area contributed by atoms with E-state index in [0.717, 1.165) is 0 Å². The fourth-order valence-electron chi connectivity index (χ4n) is 2.38. The molecule has 1 aromatic rings. The molecule has 0 bridgehead atoms. The number of carbonyl (C=O) groups excluding carboxylic acids is 1. The highest BCUT2D eigenvalue weighted by Crippen LogP contribution is 2.25. The molecule has 0 aromatic carbocycles. The van der Waals surface area contributed by atoms with Gasteiger partial charge in [-0.1, -0.05) is 25.6 Å². The molecule has 1 amide bonds. The first-order valence-corrected chi connectivity index (χ1v) is 9.70. The van der Waals surface area contributed by atoms with E-state index >= 15 is 0 Å². The fraction of sp³-hybridized carbons (Fsp3) is 0.625. The van der Waals surface area contributed by atoms with Gasteiger partial charge in [0.1, 0.15) is 4.91 Å². The Morgan fingerprint density at radius 1 is 1.44 bits per heavy atom. The van der Waals surface area contributed by atoms with Crippen molar-refractivity contribution in [1.82, 2.24) is 5.16 Å². The van der Waals surface area contributed by atoms with Gasteiger partial charge in [-0.05, 0) is 18.8 Å². The number of ether oxygens (including phenoxy) is 1. The minimum Gasteiger partial charge on any atom is -0.395 e. The van der Waals surface area contributed by atoms with Crippen LogP contribution in [0.25, 0.3) is 0 Å². The number of rotatable bonds is 7. The van der Waals surface area contributed by atoms with Crippen LogP contribution in [0.1, 0.15) is 32.4 Å². The predicted molar refractivity (Wildman–Crippen MR) is 91.7 cm³/mol. The zero-order valence-electron chi connectivity index (χ0n) is 14.4. The highest BCUT2D eigenvalue weighted by molar-refractivity contribution is 7.96. The standard InChI is InChI=1S/C16H24N2O6S/c1-11(25(21,22)9-12-4-6-23-7-5-12)15(20)17-14-8-13(18-24-14)16(2,3)10-19/h8,12,19H,1,4-7,9-10H2,2-3H3,(H,17,20). The van der Waals surface area contributed by atoms with Crippen LogP contribution in [0.15, 0.2) is 22.1 Å². The number of nitrogens with zero attached hydrogens (tertiary/aromatic N) is 1. The third kappa shape index (κ3) is 4.90. The normalized spacial score (nSPS) is 16.6. The zero-order valence-corrected chi connectivity index (χ0v) is 15.3. The average molecular weight is 372 g/mol. The maximum Gasteiger partial charge on any atom is 0.268 e. The van der Waals surface area contributed by atoms with Gasteiger partial charge in [-0.15, -0.1) is 0 Å². The molecule has 0 unspecified atom stereocenters. The van der Waals surface area contributed by atoms with Crippen LogP contribution >= 0.6 is 0 Å². The van der Waals surface area contributed by atoms with Crippen molar-refractivity contribution >= 4 is 21.6 Å². The second-order valence-corrected chi connectivity index (χ2v) is 8.89. The van der Waals surface area contributed by atoms with Crippen LogP contribution in [-0.4, -0.2) is 50.2 Å². The van der Waals surface area contributed by atoms with Gasteiger partial charge in [0.2, 0.25) is 5.88 Å². The summed E-state index contributed by atoms with van der Waals surface area (Å²) < 4.78 is 34.9. The van der Waals surface area contributed by atoms with Gasteiger partial charge in [-0.2, -0.15) is 0 Å². The lowest BCUT2D eigenvalue weighted by atomic mass is 9.91. The second-order valence-electron chi connectivity index (χ2n) is 6.83. The number of sulfone groups is 1. The maximum absolute atomic E-state index is 12.4. The van der Waals surface area contributed by atoms with Gasteiger partial charge in [0.25, 0.3) is 5.91 Å². The Bertz CT molecular complexity index is 732. The van der Waals surface area contributed by atoms with Gasteiger partial charge < -0.3 is 14.4 Å². The van der Waals surface area contributed by atoms with E-state index in [2.05, 4.69) is 17.1 Å². The van der Waals surface area contributed by atoms with E-state index in [1.807, 2.05) is 0 Å². The Morgan fingerprint density at radius 2 is 2.08 bits per heavy atom. The van der Waals surface area contributed by atoms with Crippen LogP contribution in [0.3, 0.4) is 0 Å². The van der Waals surface area contributed by atoms with Gasteiger partial charge in [-0.3, -0.25) is 10.1 Å². The summed E-state index contributed by atoms with van der Waals surface area (Å²) in [7, 11) is -3.77.